The molecule has 0 fully saturated rings. The molecule has 0 bridgehead atoms. The molecule has 27 heavy (non-hydrogen) atoms. The molecule has 0 spiro atoms. The molecular formula is C16H19N2O8P. The topological polar surface area (TPSA) is 159 Å². The van der Waals surface area contributed by atoms with Gasteiger partial charge in [0.2, 0.25) is 0 Å². The van der Waals surface area contributed by atoms with E-state index in [0.717, 1.165) is 0 Å². The summed E-state index contributed by atoms with van der Waals surface area (Å²) in [5.41, 5.74) is 0.862. The van der Waals surface area contributed by atoms with Crippen LogP contribution in [-0.2, 0) is 33.4 Å². The Morgan fingerprint density at radius 1 is 1.04 bits per heavy atom. The fourth-order valence-electron chi connectivity index (χ4n) is 2.22. The molecule has 2 aromatic rings. The first-order valence-corrected chi connectivity index (χ1v) is 9.21. The average Bonchev–Trinajstić information content (AvgIpc) is 2.63. The van der Waals surface area contributed by atoms with Crippen LogP contribution < -0.4 is 0 Å². The first-order chi connectivity index (χ1) is 12.7. The maximum atomic E-state index is 12.1. The highest BCUT2D eigenvalue weighted by atomic mass is 31.2. The molecule has 2 heterocycles. The quantitative estimate of drug-likeness (QED) is 0.380. The number of hydrogen-bond donors (Lipinski definition) is 4. The lowest BCUT2D eigenvalue weighted by Gasteiger charge is -2.15. The number of aromatic nitrogens is 2. The van der Waals surface area contributed by atoms with Gasteiger partial charge in [-0.1, -0.05) is 0 Å². The van der Waals surface area contributed by atoms with E-state index in [1.54, 1.807) is 0 Å². The lowest BCUT2D eigenvalue weighted by molar-refractivity contribution is 0.111. The van der Waals surface area contributed by atoms with E-state index >= 15 is 0 Å². The Labute approximate surface area is 154 Å². The van der Waals surface area contributed by atoms with E-state index in [1.165, 1.54) is 26.2 Å². The SMILES string of the molecule is Cc1ncc(COP(=O)(O)OCc2cnc(C)c(O)c2CO)c(C=O)c1O. The molecule has 0 saturated carbocycles. The summed E-state index contributed by atoms with van der Waals surface area (Å²) in [6.45, 7) is 1.56. The zero-order valence-corrected chi connectivity index (χ0v) is 15.5. The number of aryl methyl sites for hydroxylation is 2. The molecule has 0 aliphatic carbocycles. The van der Waals surface area contributed by atoms with Crippen molar-refractivity contribution in [1.82, 2.24) is 9.97 Å². The first-order valence-electron chi connectivity index (χ1n) is 7.71. The maximum Gasteiger partial charge on any atom is 0.472 e. The third kappa shape index (κ3) is 4.88. The van der Waals surface area contributed by atoms with E-state index in [1.807, 2.05) is 0 Å². The number of nitrogens with zero attached hydrogens (tertiary/aromatic N) is 2. The number of carbonyl (C=O) groups is 1. The summed E-state index contributed by atoms with van der Waals surface area (Å²) in [6.07, 6.45) is 2.93. The van der Waals surface area contributed by atoms with Crippen LogP contribution in [0.1, 0.15) is 38.4 Å². The second kappa shape index (κ2) is 8.55. The van der Waals surface area contributed by atoms with Crippen molar-refractivity contribution in [3.05, 3.63) is 46.0 Å². The van der Waals surface area contributed by atoms with Crippen LogP contribution in [0.15, 0.2) is 12.4 Å². The molecule has 10 nitrogen and oxygen atoms in total. The van der Waals surface area contributed by atoms with Gasteiger partial charge in [0.15, 0.2) is 6.29 Å². The van der Waals surface area contributed by atoms with E-state index in [9.17, 15) is 29.6 Å². The van der Waals surface area contributed by atoms with Gasteiger partial charge in [-0.05, 0) is 13.8 Å². The summed E-state index contributed by atoms with van der Waals surface area (Å²) in [5, 5.41) is 29.0. The van der Waals surface area contributed by atoms with Crippen molar-refractivity contribution in [2.24, 2.45) is 0 Å². The summed E-state index contributed by atoms with van der Waals surface area (Å²) >= 11 is 0. The Hall–Kier alpha value is -2.36. The third-order valence-electron chi connectivity index (χ3n) is 3.83. The molecule has 0 aliphatic heterocycles. The number of aldehydes is 1. The predicted molar refractivity (Wildman–Crippen MR) is 92.0 cm³/mol. The molecule has 2 aromatic heterocycles. The fraction of sp³-hybridized carbons (Fsp3) is 0.312. The molecule has 0 amide bonds. The van der Waals surface area contributed by atoms with Crippen molar-refractivity contribution < 1.29 is 38.6 Å². The van der Waals surface area contributed by atoms with Crippen LogP contribution in [0.25, 0.3) is 0 Å². The smallest absolute Gasteiger partial charge is 0.472 e. The molecule has 2 rings (SSSR count). The van der Waals surface area contributed by atoms with Gasteiger partial charge in [-0.2, -0.15) is 0 Å². The van der Waals surface area contributed by atoms with Crippen LogP contribution >= 0.6 is 7.82 Å². The fourth-order valence-corrected chi connectivity index (χ4v) is 2.90. The Kier molecular flexibility index (Phi) is 6.63. The van der Waals surface area contributed by atoms with E-state index in [2.05, 4.69) is 9.97 Å². The monoisotopic (exact) mass is 398 g/mol. The molecule has 146 valence electrons. The zero-order chi connectivity index (χ0) is 20.2. The first kappa shape index (κ1) is 20.9. The summed E-state index contributed by atoms with van der Waals surface area (Å²) in [5.74, 6) is -0.572. The van der Waals surface area contributed by atoms with Crippen molar-refractivity contribution in [1.29, 1.82) is 0 Å². The Balaban J connectivity index is 2.09. The van der Waals surface area contributed by atoms with Gasteiger partial charge in [-0.15, -0.1) is 0 Å². The maximum absolute atomic E-state index is 12.1. The third-order valence-corrected chi connectivity index (χ3v) is 4.74. The van der Waals surface area contributed by atoms with Gasteiger partial charge >= 0.3 is 7.82 Å². The van der Waals surface area contributed by atoms with Crippen LogP contribution in [0.4, 0.5) is 0 Å². The lowest BCUT2D eigenvalue weighted by atomic mass is 10.1. The van der Waals surface area contributed by atoms with Crippen molar-refractivity contribution >= 4 is 14.1 Å². The second-order valence-electron chi connectivity index (χ2n) is 5.62. The molecule has 0 aliphatic rings. The van der Waals surface area contributed by atoms with Gasteiger partial charge < -0.3 is 20.2 Å². The predicted octanol–water partition coefficient (Wildman–Crippen LogP) is 1.64. The van der Waals surface area contributed by atoms with Crippen molar-refractivity contribution in [2.45, 2.75) is 33.7 Å². The summed E-state index contributed by atoms with van der Waals surface area (Å²) < 4.78 is 21.8. The van der Waals surface area contributed by atoms with Crippen LogP contribution in [0, 0.1) is 13.8 Å². The van der Waals surface area contributed by atoms with Gasteiger partial charge in [-0.25, -0.2) is 4.57 Å². The van der Waals surface area contributed by atoms with Crippen LogP contribution in [0.5, 0.6) is 11.5 Å². The number of aliphatic hydroxyl groups excluding tert-OH is 1. The van der Waals surface area contributed by atoms with Gasteiger partial charge in [0, 0.05) is 29.1 Å². The number of aliphatic hydroxyl groups is 1. The summed E-state index contributed by atoms with van der Waals surface area (Å²) in [6, 6.07) is 0. The Bertz CT molecular complexity index is 902. The number of aromatic hydroxyl groups is 2. The molecule has 11 heteroatoms. The largest absolute Gasteiger partial charge is 0.506 e. The number of phosphoric acid groups is 1. The summed E-state index contributed by atoms with van der Waals surface area (Å²) in [4.78, 5) is 28.7. The van der Waals surface area contributed by atoms with E-state index < -0.39 is 27.6 Å². The van der Waals surface area contributed by atoms with Crippen LogP contribution in [0.2, 0.25) is 0 Å². The molecular weight excluding hydrogens is 379 g/mol. The minimum absolute atomic E-state index is 0.0993. The Morgan fingerprint density at radius 3 is 2.11 bits per heavy atom. The average molecular weight is 398 g/mol. The van der Waals surface area contributed by atoms with Crippen LogP contribution in [0.3, 0.4) is 0 Å². The van der Waals surface area contributed by atoms with E-state index in [4.69, 9.17) is 9.05 Å². The number of carbonyl (C=O) groups excluding carboxylic acids is 1. The summed E-state index contributed by atoms with van der Waals surface area (Å²) in [7, 11) is -4.55. The molecule has 1 unspecified atom stereocenters. The highest BCUT2D eigenvalue weighted by Crippen LogP contribution is 2.45. The number of rotatable bonds is 8. The van der Waals surface area contributed by atoms with E-state index in [0.29, 0.717) is 12.0 Å². The van der Waals surface area contributed by atoms with Gasteiger partial charge in [0.1, 0.15) is 11.5 Å². The Morgan fingerprint density at radius 2 is 1.56 bits per heavy atom. The zero-order valence-electron chi connectivity index (χ0n) is 14.6. The van der Waals surface area contributed by atoms with Crippen LogP contribution in [-0.4, -0.2) is 36.5 Å². The minimum atomic E-state index is -4.55. The normalized spacial score (nSPS) is 13.3. The molecule has 0 radical (unpaired) electrons. The van der Waals surface area contributed by atoms with Crippen molar-refractivity contribution in [3.63, 3.8) is 0 Å². The van der Waals surface area contributed by atoms with Crippen molar-refractivity contribution in [3.8, 4) is 11.5 Å². The standard InChI is InChI=1S/C16H19N2O8P/c1-9-15(21)13(5-19)11(3-17-9)7-25-27(23,24)26-8-12-4-18-10(2)16(22)14(12)6-20/h3-5,20-22H,6-8H2,1-2H3,(H,23,24). The number of phosphoric ester groups is 1. The minimum Gasteiger partial charge on any atom is -0.506 e. The highest BCUT2D eigenvalue weighted by molar-refractivity contribution is 7.47. The van der Waals surface area contributed by atoms with Gasteiger partial charge in [0.05, 0.1) is 36.8 Å². The van der Waals surface area contributed by atoms with Gasteiger partial charge in [-0.3, -0.25) is 23.8 Å². The number of hydrogen-bond acceptors (Lipinski definition) is 9. The molecule has 4 N–H and O–H groups in total. The highest BCUT2D eigenvalue weighted by Gasteiger charge is 2.24. The lowest BCUT2D eigenvalue weighted by Crippen LogP contribution is -2.04. The molecule has 0 saturated heterocycles. The van der Waals surface area contributed by atoms with Gasteiger partial charge in [0.25, 0.3) is 0 Å². The molecule has 0 aromatic carbocycles. The van der Waals surface area contributed by atoms with Crippen molar-refractivity contribution in [2.75, 3.05) is 0 Å². The number of pyridine rings is 2. The second-order valence-corrected chi connectivity index (χ2v) is 7.07. The van der Waals surface area contributed by atoms with E-state index in [-0.39, 0.29) is 39.4 Å². The molecule has 1 atom stereocenters.